The lowest BCUT2D eigenvalue weighted by Gasteiger charge is -2.30. The van der Waals surface area contributed by atoms with E-state index in [0.29, 0.717) is 51.5 Å². The number of nitrogens with zero attached hydrogens (tertiary/aromatic N) is 1. The number of hydrogen-bond donors (Lipinski definition) is 2. The number of aryl methyl sites for hydroxylation is 1. The third kappa shape index (κ3) is 4.88. The third-order valence-corrected chi connectivity index (χ3v) is 6.74. The van der Waals surface area contributed by atoms with Gasteiger partial charge in [-0.1, -0.05) is 24.6 Å². The molecule has 7 heteroatoms. The normalized spacial score (nSPS) is 24.0. The second-order valence-corrected chi connectivity index (χ2v) is 9.17. The summed E-state index contributed by atoms with van der Waals surface area (Å²) in [5.41, 5.74) is 7.66. The Kier molecular flexibility index (Phi) is 6.94. The van der Waals surface area contributed by atoms with Gasteiger partial charge in [-0.15, -0.1) is 0 Å². The number of amides is 2. The Bertz CT molecular complexity index is 996. The Hall–Kier alpha value is -2.67. The van der Waals surface area contributed by atoms with Crippen LogP contribution in [0.15, 0.2) is 28.7 Å². The summed E-state index contributed by atoms with van der Waals surface area (Å²) in [7, 11) is 0. The first-order chi connectivity index (χ1) is 15.4. The number of ketones is 1. The van der Waals surface area contributed by atoms with Crippen molar-refractivity contribution in [3.05, 3.63) is 35.6 Å². The van der Waals surface area contributed by atoms with Crippen molar-refractivity contribution in [2.45, 2.75) is 82.8 Å². The number of fused-ring (bicyclic) bond motifs is 4. The monoisotopic (exact) mass is 439 g/mol. The van der Waals surface area contributed by atoms with E-state index in [0.717, 1.165) is 35.1 Å². The number of Topliss-reactive ketones (excluding diaryl/α,β-unsaturated/α-hetero) is 1. The van der Waals surface area contributed by atoms with Gasteiger partial charge in [-0.25, -0.2) is 0 Å². The summed E-state index contributed by atoms with van der Waals surface area (Å²) < 4.78 is 6.15. The molecule has 2 aliphatic rings. The molecule has 0 radical (unpaired) electrons. The van der Waals surface area contributed by atoms with Crippen molar-refractivity contribution < 1.29 is 18.8 Å². The highest BCUT2D eigenvalue weighted by Crippen LogP contribution is 2.32. The zero-order valence-corrected chi connectivity index (χ0v) is 18.8. The van der Waals surface area contributed by atoms with E-state index in [1.54, 1.807) is 6.92 Å². The van der Waals surface area contributed by atoms with Crippen LogP contribution >= 0.6 is 0 Å². The summed E-state index contributed by atoms with van der Waals surface area (Å²) in [4.78, 5) is 40.2. The summed E-state index contributed by atoms with van der Waals surface area (Å²) >= 11 is 0. The van der Waals surface area contributed by atoms with E-state index in [1.165, 1.54) is 0 Å². The molecule has 172 valence electrons. The molecule has 7 nitrogen and oxygen atoms in total. The van der Waals surface area contributed by atoms with Gasteiger partial charge in [0.25, 0.3) is 0 Å². The highest BCUT2D eigenvalue weighted by Gasteiger charge is 2.35. The lowest BCUT2D eigenvalue weighted by molar-refractivity contribution is -0.137. The molecule has 3 atom stereocenters. The molecular formula is C25H33N3O4. The molecule has 3 heterocycles. The molecule has 2 amide bonds. The Morgan fingerprint density at radius 1 is 1.12 bits per heavy atom. The van der Waals surface area contributed by atoms with Crippen LogP contribution in [0, 0.1) is 0 Å². The molecule has 0 spiro atoms. The van der Waals surface area contributed by atoms with Crippen molar-refractivity contribution in [2.75, 3.05) is 6.54 Å². The van der Waals surface area contributed by atoms with Gasteiger partial charge in [0, 0.05) is 42.8 Å². The van der Waals surface area contributed by atoms with Crippen molar-refractivity contribution in [1.82, 2.24) is 10.2 Å². The van der Waals surface area contributed by atoms with Crippen molar-refractivity contribution in [1.29, 1.82) is 0 Å². The second-order valence-electron chi connectivity index (χ2n) is 9.17. The molecule has 0 bridgehead atoms. The Balaban J connectivity index is 1.66. The molecule has 2 aliphatic heterocycles. The fourth-order valence-electron chi connectivity index (χ4n) is 4.96. The average molecular weight is 440 g/mol. The van der Waals surface area contributed by atoms with Crippen molar-refractivity contribution in [3.8, 4) is 0 Å². The molecule has 0 aliphatic carbocycles. The van der Waals surface area contributed by atoms with Gasteiger partial charge in [-0.2, -0.15) is 0 Å². The number of carbonyl (C=O) groups excluding carboxylic acids is 3. The Labute approximate surface area is 188 Å². The minimum Gasteiger partial charge on any atom is -0.461 e. The number of nitrogens with one attached hydrogen (secondary N) is 1. The molecular weight excluding hydrogens is 406 g/mol. The molecule has 1 aromatic heterocycles. The fourth-order valence-corrected chi connectivity index (χ4v) is 4.96. The number of para-hydroxylation sites is 1. The average Bonchev–Trinajstić information content (AvgIpc) is 3.38. The van der Waals surface area contributed by atoms with Gasteiger partial charge >= 0.3 is 0 Å². The van der Waals surface area contributed by atoms with E-state index in [-0.39, 0.29) is 23.6 Å². The number of nitrogens with two attached hydrogens (primary N) is 1. The van der Waals surface area contributed by atoms with Crippen molar-refractivity contribution >= 4 is 28.6 Å². The van der Waals surface area contributed by atoms with Gasteiger partial charge in [0.1, 0.15) is 23.2 Å². The van der Waals surface area contributed by atoms with E-state index < -0.39 is 12.1 Å². The highest BCUT2D eigenvalue weighted by molar-refractivity contribution is 5.90. The van der Waals surface area contributed by atoms with E-state index >= 15 is 0 Å². The van der Waals surface area contributed by atoms with E-state index in [1.807, 2.05) is 23.1 Å². The largest absolute Gasteiger partial charge is 0.461 e. The summed E-state index contributed by atoms with van der Waals surface area (Å²) in [5.74, 6) is 0.704. The fraction of sp³-hybridized carbons (Fsp3) is 0.560. The van der Waals surface area contributed by atoms with Gasteiger partial charge in [-0.05, 0) is 45.1 Å². The number of carbonyl (C=O) groups is 3. The quantitative estimate of drug-likeness (QED) is 0.749. The molecule has 32 heavy (non-hydrogen) atoms. The molecule has 1 fully saturated rings. The van der Waals surface area contributed by atoms with Crippen molar-refractivity contribution in [3.63, 3.8) is 0 Å². The van der Waals surface area contributed by atoms with Crippen LogP contribution in [0.4, 0.5) is 0 Å². The van der Waals surface area contributed by atoms with Gasteiger partial charge < -0.3 is 20.4 Å². The second kappa shape index (κ2) is 9.86. The predicted octanol–water partition coefficient (Wildman–Crippen LogP) is 2.87. The summed E-state index contributed by atoms with van der Waals surface area (Å²) in [5, 5.41) is 3.92. The number of rotatable bonds is 2. The summed E-state index contributed by atoms with van der Waals surface area (Å²) in [6.45, 7) is 2.31. The molecule has 1 aromatic carbocycles. The van der Waals surface area contributed by atoms with Gasteiger partial charge in [-0.3, -0.25) is 14.4 Å². The van der Waals surface area contributed by atoms with Crippen LogP contribution in [0.5, 0.6) is 0 Å². The SMILES string of the molecule is C[C@H](N)C(=O)N[C@H]1CCCCC(=O)CCc2oc3ccccc3c2C[C@@H]2CCCN2C1=O. The van der Waals surface area contributed by atoms with Crippen LogP contribution in [0.1, 0.15) is 63.2 Å². The van der Waals surface area contributed by atoms with Gasteiger partial charge in [0.15, 0.2) is 0 Å². The van der Waals surface area contributed by atoms with E-state index in [4.69, 9.17) is 10.2 Å². The number of benzene rings is 1. The summed E-state index contributed by atoms with van der Waals surface area (Å²) in [6.07, 6.45) is 6.01. The Morgan fingerprint density at radius 3 is 2.75 bits per heavy atom. The smallest absolute Gasteiger partial charge is 0.245 e. The minimum atomic E-state index is -0.674. The zero-order chi connectivity index (χ0) is 22.7. The summed E-state index contributed by atoms with van der Waals surface area (Å²) in [6, 6.07) is 6.72. The molecule has 3 N–H and O–H groups in total. The lowest BCUT2D eigenvalue weighted by Crippen LogP contribution is -2.53. The van der Waals surface area contributed by atoms with Crippen LogP contribution in [0.3, 0.4) is 0 Å². The first-order valence-electron chi connectivity index (χ1n) is 11.8. The molecule has 2 aromatic rings. The van der Waals surface area contributed by atoms with E-state index in [9.17, 15) is 14.4 Å². The van der Waals surface area contributed by atoms with Gasteiger partial charge in [0.2, 0.25) is 11.8 Å². The highest BCUT2D eigenvalue weighted by atomic mass is 16.3. The van der Waals surface area contributed by atoms with Crippen LogP contribution < -0.4 is 11.1 Å². The topological polar surface area (TPSA) is 106 Å². The van der Waals surface area contributed by atoms with Crippen LogP contribution in [0.2, 0.25) is 0 Å². The predicted molar refractivity (Wildman–Crippen MR) is 122 cm³/mol. The first-order valence-corrected chi connectivity index (χ1v) is 11.8. The Morgan fingerprint density at radius 2 is 1.94 bits per heavy atom. The molecule has 0 saturated carbocycles. The maximum absolute atomic E-state index is 13.5. The number of furan rings is 1. The van der Waals surface area contributed by atoms with Gasteiger partial charge in [0.05, 0.1) is 6.04 Å². The minimum absolute atomic E-state index is 0.0424. The molecule has 0 unspecified atom stereocenters. The van der Waals surface area contributed by atoms with Crippen LogP contribution in [0.25, 0.3) is 11.0 Å². The molecule has 4 rings (SSSR count). The molecule has 1 saturated heterocycles. The van der Waals surface area contributed by atoms with E-state index in [2.05, 4.69) is 11.4 Å². The maximum Gasteiger partial charge on any atom is 0.245 e. The zero-order valence-electron chi connectivity index (χ0n) is 18.8. The van der Waals surface area contributed by atoms with Crippen LogP contribution in [-0.2, 0) is 27.2 Å². The third-order valence-electron chi connectivity index (χ3n) is 6.74. The maximum atomic E-state index is 13.5. The van der Waals surface area contributed by atoms with Crippen LogP contribution in [-0.4, -0.2) is 47.2 Å². The number of hydrogen-bond acceptors (Lipinski definition) is 5. The standard InChI is InChI=1S/C25H33N3O4/c1-16(26)24(30)27-21-10-4-2-8-18(29)12-13-23-20(19-9-3-5-11-22(19)32-23)15-17-7-6-14-28(17)25(21)31/h3,5,9,11,16-17,21H,2,4,6-8,10,12-15,26H2,1H3,(H,27,30)/t16-,17-,21-/m0/s1. The lowest BCUT2D eigenvalue weighted by atomic mass is 9.96. The van der Waals surface area contributed by atoms with Crippen molar-refractivity contribution in [2.24, 2.45) is 5.73 Å². The first kappa shape index (κ1) is 22.5.